The summed E-state index contributed by atoms with van der Waals surface area (Å²) in [4.78, 5) is 13.7. The molecule has 1 amide bonds. The molecule has 2 aliphatic rings. The van der Waals surface area contributed by atoms with Crippen LogP contribution in [0.15, 0.2) is 18.2 Å². The molecule has 1 aromatic carbocycles. The van der Waals surface area contributed by atoms with Crippen LogP contribution in [0, 0.1) is 17.7 Å². The molecule has 1 saturated heterocycles. The van der Waals surface area contributed by atoms with Crippen LogP contribution in [0.25, 0.3) is 0 Å². The van der Waals surface area contributed by atoms with E-state index < -0.39 is 0 Å². The predicted octanol–water partition coefficient (Wildman–Crippen LogP) is 2.84. The Balaban J connectivity index is 1.65. The summed E-state index contributed by atoms with van der Waals surface area (Å²) in [5.74, 6) is 0.814. The van der Waals surface area contributed by atoms with Crippen molar-refractivity contribution in [2.75, 3.05) is 20.2 Å². The van der Waals surface area contributed by atoms with Crippen molar-refractivity contribution >= 4 is 17.5 Å². The molecule has 6 heteroatoms. The molecule has 1 heterocycles. The number of rotatable bonds is 4. The molecule has 0 spiro atoms. The minimum absolute atomic E-state index is 0.0173. The van der Waals surface area contributed by atoms with E-state index >= 15 is 0 Å². The van der Waals surface area contributed by atoms with Crippen molar-refractivity contribution in [2.24, 2.45) is 11.8 Å². The molecule has 1 N–H and O–H groups in total. The van der Waals surface area contributed by atoms with Gasteiger partial charge >= 0.3 is 0 Å². The summed E-state index contributed by atoms with van der Waals surface area (Å²) in [6, 6.07) is 4.77. The molecule has 0 radical (unpaired) electrons. The first kappa shape index (κ1) is 17.6. The van der Waals surface area contributed by atoms with Gasteiger partial charge in [0.2, 0.25) is 5.91 Å². The number of fused-ring (bicyclic) bond motifs is 1. The zero-order chi connectivity index (χ0) is 17.3. The van der Waals surface area contributed by atoms with E-state index in [2.05, 4.69) is 10.2 Å². The molecule has 1 aliphatic heterocycles. The minimum Gasteiger partial charge on any atom is -0.379 e. The second kappa shape index (κ2) is 7.38. The number of nitrogens with one attached hydrogen (secondary N) is 1. The molecule has 3 rings (SSSR count). The summed E-state index contributed by atoms with van der Waals surface area (Å²) in [7, 11) is 1.70. The van der Waals surface area contributed by atoms with Crippen LogP contribution < -0.4 is 5.32 Å². The molecule has 4 atom stereocenters. The maximum Gasteiger partial charge on any atom is 0.217 e. The second-order valence-electron chi connectivity index (χ2n) is 7.00. The van der Waals surface area contributed by atoms with Crippen LogP contribution in [-0.4, -0.2) is 43.2 Å². The molecule has 1 aromatic rings. The van der Waals surface area contributed by atoms with E-state index in [4.69, 9.17) is 16.3 Å². The number of methoxy groups -OCH3 is 1. The van der Waals surface area contributed by atoms with Gasteiger partial charge in [-0.15, -0.1) is 0 Å². The number of benzene rings is 1. The van der Waals surface area contributed by atoms with Crippen LogP contribution in [0.4, 0.5) is 4.39 Å². The molecular weight excluding hydrogens is 331 g/mol. The Morgan fingerprint density at radius 2 is 2.08 bits per heavy atom. The summed E-state index contributed by atoms with van der Waals surface area (Å²) >= 11 is 5.99. The van der Waals surface area contributed by atoms with E-state index in [0.29, 0.717) is 29.0 Å². The van der Waals surface area contributed by atoms with Gasteiger partial charge in [0.25, 0.3) is 0 Å². The summed E-state index contributed by atoms with van der Waals surface area (Å²) in [6.45, 7) is 3.97. The summed E-state index contributed by atoms with van der Waals surface area (Å²) in [6.07, 6.45) is 1.90. The minimum atomic E-state index is -0.208. The van der Waals surface area contributed by atoms with Crippen molar-refractivity contribution < 1.29 is 13.9 Å². The Hall–Kier alpha value is -1.17. The molecule has 0 bridgehead atoms. The van der Waals surface area contributed by atoms with Crippen LogP contribution in [0.2, 0.25) is 5.02 Å². The van der Waals surface area contributed by atoms with Gasteiger partial charge < -0.3 is 10.1 Å². The van der Waals surface area contributed by atoms with Crippen molar-refractivity contribution in [3.05, 3.63) is 34.6 Å². The molecule has 132 valence electrons. The lowest BCUT2D eigenvalue weighted by Crippen LogP contribution is -2.49. The summed E-state index contributed by atoms with van der Waals surface area (Å²) in [5, 5.41) is 3.58. The Bertz CT molecular complexity index is 613. The fourth-order valence-electron chi connectivity index (χ4n) is 4.22. The summed E-state index contributed by atoms with van der Waals surface area (Å²) in [5.41, 5.74) is 0.642. The lowest BCUT2D eigenvalue weighted by Gasteiger charge is -2.37. The van der Waals surface area contributed by atoms with Crippen LogP contribution in [0.5, 0.6) is 0 Å². The normalized spacial score (nSPS) is 30.2. The van der Waals surface area contributed by atoms with E-state index in [0.717, 1.165) is 25.9 Å². The third kappa shape index (κ3) is 3.90. The Labute approximate surface area is 147 Å². The van der Waals surface area contributed by atoms with Gasteiger partial charge in [0.1, 0.15) is 5.82 Å². The average Bonchev–Trinajstić information content (AvgIpc) is 2.90. The average molecular weight is 355 g/mol. The van der Waals surface area contributed by atoms with Crippen molar-refractivity contribution in [3.63, 3.8) is 0 Å². The number of amides is 1. The zero-order valence-corrected chi connectivity index (χ0v) is 14.9. The third-order valence-electron chi connectivity index (χ3n) is 5.29. The van der Waals surface area contributed by atoms with Crippen molar-refractivity contribution in [3.8, 4) is 0 Å². The van der Waals surface area contributed by atoms with E-state index in [9.17, 15) is 9.18 Å². The molecule has 1 saturated carbocycles. The lowest BCUT2D eigenvalue weighted by atomic mass is 9.77. The standard InChI is InChI=1S/C18H24ClFN2O2/c1-11(23)21-17-6-12-8-22(9-13(12)7-18(17)24-2)10-14-5-15(19)3-4-16(14)20/h3-5,12-13,17-18H,6-10H2,1-2H3,(H,21,23)/t12-,13+,17-,18-/m1/s1. The van der Waals surface area contributed by atoms with Gasteiger partial charge in [0, 0.05) is 44.3 Å². The largest absolute Gasteiger partial charge is 0.379 e. The highest BCUT2D eigenvalue weighted by Gasteiger charge is 2.42. The maximum atomic E-state index is 14.0. The maximum absolute atomic E-state index is 14.0. The van der Waals surface area contributed by atoms with Crippen molar-refractivity contribution in [1.82, 2.24) is 10.2 Å². The SMILES string of the molecule is CO[C@@H]1C[C@H]2CN(Cc3cc(Cl)ccc3F)C[C@H]2C[C@H]1NC(C)=O. The number of halogens is 2. The molecule has 2 fully saturated rings. The van der Waals surface area contributed by atoms with Crippen molar-refractivity contribution in [1.29, 1.82) is 0 Å². The van der Waals surface area contributed by atoms with Gasteiger partial charge in [-0.3, -0.25) is 9.69 Å². The molecular formula is C18H24ClFN2O2. The Morgan fingerprint density at radius 1 is 1.38 bits per heavy atom. The fourth-order valence-corrected chi connectivity index (χ4v) is 4.41. The van der Waals surface area contributed by atoms with Gasteiger partial charge in [-0.2, -0.15) is 0 Å². The van der Waals surface area contributed by atoms with Gasteiger partial charge in [-0.1, -0.05) is 11.6 Å². The van der Waals surface area contributed by atoms with Gasteiger partial charge in [-0.25, -0.2) is 4.39 Å². The number of nitrogens with zero attached hydrogens (tertiary/aromatic N) is 1. The smallest absolute Gasteiger partial charge is 0.217 e. The number of likely N-dealkylation sites (tertiary alicyclic amines) is 1. The Kier molecular flexibility index (Phi) is 5.42. The quantitative estimate of drug-likeness (QED) is 0.904. The molecule has 0 unspecified atom stereocenters. The van der Waals surface area contributed by atoms with Crippen LogP contribution in [-0.2, 0) is 16.1 Å². The first-order valence-corrected chi connectivity index (χ1v) is 8.80. The van der Waals surface area contributed by atoms with E-state index in [1.807, 2.05) is 0 Å². The van der Waals surface area contributed by atoms with E-state index in [1.165, 1.54) is 6.07 Å². The van der Waals surface area contributed by atoms with Gasteiger partial charge in [0.05, 0.1) is 12.1 Å². The highest BCUT2D eigenvalue weighted by atomic mass is 35.5. The number of ether oxygens (including phenoxy) is 1. The molecule has 0 aromatic heterocycles. The number of carbonyl (C=O) groups excluding carboxylic acids is 1. The number of carbonyl (C=O) groups is 1. The highest BCUT2D eigenvalue weighted by molar-refractivity contribution is 6.30. The van der Waals surface area contributed by atoms with E-state index in [-0.39, 0.29) is 23.9 Å². The van der Waals surface area contributed by atoms with Crippen LogP contribution in [0.3, 0.4) is 0 Å². The molecule has 1 aliphatic carbocycles. The van der Waals surface area contributed by atoms with E-state index in [1.54, 1.807) is 26.2 Å². The fraction of sp³-hybridized carbons (Fsp3) is 0.611. The van der Waals surface area contributed by atoms with Crippen molar-refractivity contribution in [2.45, 2.75) is 38.5 Å². The second-order valence-corrected chi connectivity index (χ2v) is 7.44. The lowest BCUT2D eigenvalue weighted by molar-refractivity contribution is -0.121. The van der Waals surface area contributed by atoms with Crippen LogP contribution >= 0.6 is 11.6 Å². The first-order valence-electron chi connectivity index (χ1n) is 8.42. The molecule has 24 heavy (non-hydrogen) atoms. The third-order valence-corrected chi connectivity index (χ3v) is 5.52. The number of hydrogen-bond acceptors (Lipinski definition) is 3. The first-order chi connectivity index (χ1) is 11.5. The summed E-state index contributed by atoms with van der Waals surface area (Å²) < 4.78 is 19.6. The Morgan fingerprint density at radius 3 is 2.75 bits per heavy atom. The molecule has 4 nitrogen and oxygen atoms in total. The van der Waals surface area contributed by atoms with Gasteiger partial charge in [-0.05, 0) is 42.9 Å². The van der Waals surface area contributed by atoms with Crippen LogP contribution in [0.1, 0.15) is 25.3 Å². The topological polar surface area (TPSA) is 41.6 Å². The predicted molar refractivity (Wildman–Crippen MR) is 91.3 cm³/mol. The highest BCUT2D eigenvalue weighted by Crippen LogP contribution is 2.38. The van der Waals surface area contributed by atoms with Gasteiger partial charge in [0.15, 0.2) is 0 Å². The number of hydrogen-bond donors (Lipinski definition) is 1. The zero-order valence-electron chi connectivity index (χ0n) is 14.1. The monoisotopic (exact) mass is 354 g/mol.